The van der Waals surface area contributed by atoms with Gasteiger partial charge >= 0.3 is 0 Å². The van der Waals surface area contributed by atoms with E-state index >= 15 is 0 Å². The lowest BCUT2D eigenvalue weighted by Gasteiger charge is -2.33. The third-order valence-corrected chi connectivity index (χ3v) is 5.22. The van der Waals surface area contributed by atoms with Gasteiger partial charge in [-0.05, 0) is 59.5 Å². The number of furan rings is 1. The van der Waals surface area contributed by atoms with Gasteiger partial charge < -0.3 is 24.4 Å². The van der Waals surface area contributed by atoms with Crippen molar-refractivity contribution in [3.8, 4) is 5.75 Å². The summed E-state index contributed by atoms with van der Waals surface area (Å²) in [4.78, 5) is 6.89. The van der Waals surface area contributed by atoms with Gasteiger partial charge in [0, 0.05) is 24.4 Å². The van der Waals surface area contributed by atoms with Crippen molar-refractivity contribution in [2.45, 2.75) is 6.17 Å². The Bertz CT molecular complexity index is 1280. The van der Waals surface area contributed by atoms with Crippen LogP contribution in [0.2, 0.25) is 0 Å². The zero-order valence-electron chi connectivity index (χ0n) is 15.7. The molecule has 1 aliphatic heterocycles. The average Bonchev–Trinajstić information content (AvgIpc) is 3.35. The Kier molecular flexibility index (Phi) is 3.65. The molecule has 0 aliphatic carbocycles. The first kappa shape index (κ1) is 16.5. The molecular weight excluding hydrogens is 352 g/mol. The smallest absolute Gasteiger partial charge is 0.227 e. The predicted octanol–water partition coefficient (Wildman–Crippen LogP) is 2.64. The van der Waals surface area contributed by atoms with Gasteiger partial charge in [0.1, 0.15) is 11.6 Å². The SMILES string of the molecule is COc1ccc(N2C(N)=c3ccoc3=NC2c2ccc3c(ccn3C)c2)cc1. The van der Waals surface area contributed by atoms with Gasteiger partial charge in [0.15, 0.2) is 6.17 Å². The van der Waals surface area contributed by atoms with E-state index < -0.39 is 0 Å². The van der Waals surface area contributed by atoms with Crippen molar-refractivity contribution in [2.24, 2.45) is 17.8 Å². The molecule has 0 spiro atoms. The van der Waals surface area contributed by atoms with E-state index in [-0.39, 0.29) is 6.17 Å². The number of hydrogen-bond acceptors (Lipinski definition) is 5. The van der Waals surface area contributed by atoms with Gasteiger partial charge in [-0.3, -0.25) is 0 Å². The third-order valence-electron chi connectivity index (χ3n) is 5.22. The number of nitrogens with two attached hydrogens (primary N) is 1. The molecule has 4 aromatic rings. The molecule has 140 valence electrons. The molecule has 5 rings (SSSR count). The number of benzene rings is 2. The van der Waals surface area contributed by atoms with Gasteiger partial charge in [0.25, 0.3) is 0 Å². The fourth-order valence-corrected chi connectivity index (χ4v) is 3.73. The summed E-state index contributed by atoms with van der Waals surface area (Å²) in [6.07, 6.45) is 3.35. The highest BCUT2D eigenvalue weighted by Crippen LogP contribution is 2.34. The number of methoxy groups -OCH3 is 1. The summed E-state index contributed by atoms with van der Waals surface area (Å²) < 4.78 is 13.0. The van der Waals surface area contributed by atoms with Crippen LogP contribution in [0.15, 0.2) is 76.5 Å². The quantitative estimate of drug-likeness (QED) is 0.600. The Morgan fingerprint density at radius 2 is 1.89 bits per heavy atom. The van der Waals surface area contributed by atoms with Crippen molar-refractivity contribution in [3.63, 3.8) is 0 Å². The van der Waals surface area contributed by atoms with Crippen LogP contribution in [0.25, 0.3) is 16.7 Å². The Labute approximate surface area is 161 Å². The Balaban J connectivity index is 1.70. The maximum absolute atomic E-state index is 6.57. The van der Waals surface area contributed by atoms with Crippen LogP contribution in [0.1, 0.15) is 11.7 Å². The molecule has 1 unspecified atom stereocenters. The minimum Gasteiger partial charge on any atom is -0.497 e. The molecule has 2 N–H and O–H groups in total. The Hall–Kier alpha value is -3.67. The van der Waals surface area contributed by atoms with Gasteiger partial charge in [-0.1, -0.05) is 6.07 Å². The van der Waals surface area contributed by atoms with Crippen molar-refractivity contribution in [2.75, 3.05) is 12.0 Å². The number of fused-ring (bicyclic) bond motifs is 2. The number of hydrogen-bond donors (Lipinski definition) is 1. The summed E-state index contributed by atoms with van der Waals surface area (Å²) in [7, 11) is 3.69. The van der Waals surface area contributed by atoms with Crippen LogP contribution in [-0.4, -0.2) is 11.7 Å². The van der Waals surface area contributed by atoms with Gasteiger partial charge in [0.05, 0.1) is 18.6 Å². The summed E-state index contributed by atoms with van der Waals surface area (Å²) >= 11 is 0. The molecule has 0 radical (unpaired) electrons. The molecule has 0 bridgehead atoms. The van der Waals surface area contributed by atoms with E-state index in [2.05, 4.69) is 35.0 Å². The molecule has 6 nitrogen and oxygen atoms in total. The van der Waals surface area contributed by atoms with Gasteiger partial charge in [-0.15, -0.1) is 0 Å². The molecule has 3 heterocycles. The number of ether oxygens (including phenoxy) is 1. The van der Waals surface area contributed by atoms with Crippen LogP contribution in [0.4, 0.5) is 5.69 Å². The predicted molar refractivity (Wildman–Crippen MR) is 108 cm³/mol. The standard InChI is InChI=1S/C22H20N4O2/c1-25-11-9-14-13-15(3-8-19(14)25)21-24-22-18(10-12-28-22)20(23)26(21)16-4-6-17(27-2)7-5-16/h3-13,21H,23H2,1-2H3. The Morgan fingerprint density at radius 1 is 1.07 bits per heavy atom. The van der Waals surface area contributed by atoms with E-state index in [4.69, 9.17) is 19.9 Å². The van der Waals surface area contributed by atoms with Crippen molar-refractivity contribution in [3.05, 3.63) is 83.4 Å². The highest BCUT2D eigenvalue weighted by molar-refractivity contribution is 5.81. The van der Waals surface area contributed by atoms with Crippen LogP contribution in [0, 0.1) is 0 Å². The highest BCUT2D eigenvalue weighted by atomic mass is 16.5. The molecule has 1 atom stereocenters. The largest absolute Gasteiger partial charge is 0.497 e. The molecule has 28 heavy (non-hydrogen) atoms. The molecular formula is C22H20N4O2. The van der Waals surface area contributed by atoms with Gasteiger partial charge in [-0.25, -0.2) is 4.99 Å². The monoisotopic (exact) mass is 372 g/mol. The molecule has 6 heteroatoms. The average molecular weight is 372 g/mol. The zero-order chi connectivity index (χ0) is 19.3. The maximum Gasteiger partial charge on any atom is 0.227 e. The van der Waals surface area contributed by atoms with E-state index in [0.717, 1.165) is 27.6 Å². The fourth-order valence-electron chi connectivity index (χ4n) is 3.73. The normalized spacial score (nSPS) is 16.1. The molecule has 1 aliphatic rings. The van der Waals surface area contributed by atoms with Crippen LogP contribution >= 0.6 is 0 Å². The fraction of sp³-hybridized carbons (Fsp3) is 0.136. The molecule has 0 saturated carbocycles. The second-order valence-corrected chi connectivity index (χ2v) is 6.84. The van der Waals surface area contributed by atoms with E-state index in [0.29, 0.717) is 11.4 Å². The number of nitrogens with zero attached hydrogens (tertiary/aromatic N) is 3. The first-order valence-corrected chi connectivity index (χ1v) is 9.05. The van der Waals surface area contributed by atoms with Crippen molar-refractivity contribution in [1.29, 1.82) is 0 Å². The number of aryl methyl sites for hydroxylation is 1. The summed E-state index contributed by atoms with van der Waals surface area (Å²) in [5.41, 5.74) is 10.3. The lowest BCUT2D eigenvalue weighted by molar-refractivity contribution is 0.415. The lowest BCUT2D eigenvalue weighted by Crippen LogP contribution is -2.43. The number of aromatic nitrogens is 1. The molecule has 2 aromatic carbocycles. The number of anilines is 1. The first-order valence-electron chi connectivity index (χ1n) is 9.05. The Morgan fingerprint density at radius 3 is 2.68 bits per heavy atom. The second kappa shape index (κ2) is 6.20. The summed E-state index contributed by atoms with van der Waals surface area (Å²) in [5.74, 6) is 1.41. The first-order chi connectivity index (χ1) is 13.7. The van der Waals surface area contributed by atoms with E-state index in [9.17, 15) is 0 Å². The van der Waals surface area contributed by atoms with Crippen LogP contribution < -0.4 is 26.1 Å². The summed E-state index contributed by atoms with van der Waals surface area (Å²) in [6, 6.07) is 18.1. The highest BCUT2D eigenvalue weighted by Gasteiger charge is 2.27. The molecule has 0 amide bonds. The van der Waals surface area contributed by atoms with E-state index in [1.165, 1.54) is 5.52 Å². The number of rotatable bonds is 3. The zero-order valence-corrected chi connectivity index (χ0v) is 15.7. The van der Waals surface area contributed by atoms with Crippen LogP contribution in [0.3, 0.4) is 0 Å². The summed E-state index contributed by atoms with van der Waals surface area (Å²) in [6.45, 7) is 0. The van der Waals surface area contributed by atoms with E-state index in [1.54, 1.807) is 13.4 Å². The van der Waals surface area contributed by atoms with Crippen LogP contribution in [-0.2, 0) is 7.05 Å². The molecule has 0 fully saturated rings. The molecule has 2 aromatic heterocycles. The molecule has 0 saturated heterocycles. The maximum atomic E-state index is 6.57. The van der Waals surface area contributed by atoms with Gasteiger partial charge in [-0.2, -0.15) is 0 Å². The van der Waals surface area contributed by atoms with Crippen LogP contribution in [0.5, 0.6) is 5.75 Å². The van der Waals surface area contributed by atoms with Crippen molar-refractivity contribution < 1.29 is 9.15 Å². The summed E-state index contributed by atoms with van der Waals surface area (Å²) in [5, 5.41) is 1.96. The minimum atomic E-state index is -0.323. The van der Waals surface area contributed by atoms with Crippen molar-refractivity contribution in [1.82, 2.24) is 4.57 Å². The minimum absolute atomic E-state index is 0.323. The van der Waals surface area contributed by atoms with E-state index in [1.807, 2.05) is 42.3 Å². The van der Waals surface area contributed by atoms with Gasteiger partial charge in [0.2, 0.25) is 5.55 Å². The lowest BCUT2D eigenvalue weighted by atomic mass is 10.1. The topological polar surface area (TPSA) is 68.9 Å². The van der Waals surface area contributed by atoms with Crippen molar-refractivity contribution >= 4 is 22.4 Å². The third kappa shape index (κ3) is 2.45. The second-order valence-electron chi connectivity index (χ2n) is 6.84.